The molecule has 3 aliphatic carbocycles. The number of hydrogen-bond acceptors (Lipinski definition) is 0. The van der Waals surface area contributed by atoms with Gasteiger partial charge in [-0.05, 0) is 123 Å². The SMILES string of the molecule is CCCCC[C@H]1CC[C@H]([C@H]2CC[C@H](C=CC#Cc3ccc([C@H]4CC[C@H](CC)CC4)cc3)CC2)CC1. The van der Waals surface area contributed by atoms with Crippen LogP contribution in [0.4, 0.5) is 0 Å². The van der Waals surface area contributed by atoms with E-state index in [1.807, 2.05) is 0 Å². The Morgan fingerprint density at radius 3 is 1.97 bits per heavy atom. The fourth-order valence-corrected chi connectivity index (χ4v) is 7.49. The molecule has 0 heterocycles. The lowest BCUT2D eigenvalue weighted by Crippen LogP contribution is -2.25. The van der Waals surface area contributed by atoms with Gasteiger partial charge in [0.25, 0.3) is 0 Å². The Kier molecular flexibility index (Phi) is 10.9. The van der Waals surface area contributed by atoms with E-state index in [1.54, 1.807) is 0 Å². The van der Waals surface area contributed by atoms with Crippen LogP contribution in [0.25, 0.3) is 0 Å². The molecule has 3 fully saturated rings. The molecule has 3 aliphatic rings. The highest BCUT2D eigenvalue weighted by atomic mass is 14.4. The summed E-state index contributed by atoms with van der Waals surface area (Å²) in [5.74, 6) is 12.3. The van der Waals surface area contributed by atoms with Crippen LogP contribution >= 0.6 is 0 Å². The maximum Gasteiger partial charge on any atom is 0.0249 e. The minimum Gasteiger partial charge on any atom is -0.0730 e. The van der Waals surface area contributed by atoms with Gasteiger partial charge in [0.15, 0.2) is 0 Å². The summed E-state index contributed by atoms with van der Waals surface area (Å²) < 4.78 is 0. The molecule has 1 aromatic rings. The van der Waals surface area contributed by atoms with Gasteiger partial charge in [0.05, 0.1) is 0 Å². The summed E-state index contributed by atoms with van der Waals surface area (Å²) in [5, 5.41) is 0. The third kappa shape index (κ3) is 8.27. The molecular weight excluding hydrogens is 420 g/mol. The molecule has 192 valence electrons. The Labute approximate surface area is 217 Å². The third-order valence-electron chi connectivity index (χ3n) is 10.1. The summed E-state index contributed by atoms with van der Waals surface area (Å²) in [6.45, 7) is 4.67. The van der Waals surface area contributed by atoms with Crippen molar-refractivity contribution in [1.29, 1.82) is 0 Å². The summed E-state index contributed by atoms with van der Waals surface area (Å²) in [7, 11) is 0. The second-order valence-electron chi connectivity index (χ2n) is 12.3. The van der Waals surface area contributed by atoms with E-state index < -0.39 is 0 Å². The van der Waals surface area contributed by atoms with Crippen molar-refractivity contribution in [3.63, 3.8) is 0 Å². The average molecular weight is 473 g/mol. The summed E-state index contributed by atoms with van der Waals surface area (Å²) >= 11 is 0. The highest BCUT2D eigenvalue weighted by Crippen LogP contribution is 2.42. The van der Waals surface area contributed by atoms with Gasteiger partial charge < -0.3 is 0 Å². The van der Waals surface area contributed by atoms with Gasteiger partial charge in [-0.25, -0.2) is 0 Å². The molecule has 0 atom stereocenters. The minimum atomic E-state index is 0.756. The van der Waals surface area contributed by atoms with Crippen LogP contribution in [0.15, 0.2) is 36.4 Å². The summed E-state index contributed by atoms with van der Waals surface area (Å²) in [6, 6.07) is 9.16. The van der Waals surface area contributed by atoms with Crippen molar-refractivity contribution in [2.24, 2.45) is 29.6 Å². The van der Waals surface area contributed by atoms with Crippen molar-refractivity contribution in [2.45, 2.75) is 129 Å². The molecule has 0 saturated heterocycles. The third-order valence-corrected chi connectivity index (χ3v) is 10.1. The first-order chi connectivity index (χ1) is 17.2. The molecule has 0 unspecified atom stereocenters. The number of allylic oxidation sites excluding steroid dienone is 2. The lowest BCUT2D eigenvalue weighted by atomic mass is 9.68. The predicted molar refractivity (Wildman–Crippen MR) is 152 cm³/mol. The van der Waals surface area contributed by atoms with Gasteiger partial charge >= 0.3 is 0 Å². The maximum absolute atomic E-state index is 3.38. The van der Waals surface area contributed by atoms with E-state index in [9.17, 15) is 0 Å². The van der Waals surface area contributed by atoms with Crippen molar-refractivity contribution in [2.75, 3.05) is 0 Å². The molecule has 1 aromatic carbocycles. The zero-order valence-corrected chi connectivity index (χ0v) is 22.9. The van der Waals surface area contributed by atoms with E-state index in [1.165, 1.54) is 115 Å². The lowest BCUT2D eigenvalue weighted by Gasteiger charge is -2.37. The van der Waals surface area contributed by atoms with Crippen LogP contribution < -0.4 is 0 Å². The van der Waals surface area contributed by atoms with Crippen molar-refractivity contribution in [3.05, 3.63) is 47.5 Å². The fourth-order valence-electron chi connectivity index (χ4n) is 7.49. The summed E-state index contributed by atoms with van der Waals surface area (Å²) in [4.78, 5) is 0. The first-order valence-electron chi connectivity index (χ1n) is 15.5. The molecule has 0 bridgehead atoms. The van der Waals surface area contributed by atoms with Crippen LogP contribution in [0.3, 0.4) is 0 Å². The van der Waals surface area contributed by atoms with Crippen LogP contribution in [0.2, 0.25) is 0 Å². The molecule has 0 heteroatoms. The number of rotatable bonds is 8. The summed E-state index contributed by atoms with van der Waals surface area (Å²) in [6.07, 6.45) is 29.0. The second-order valence-corrected chi connectivity index (χ2v) is 12.3. The highest BCUT2D eigenvalue weighted by molar-refractivity contribution is 5.39. The van der Waals surface area contributed by atoms with Crippen molar-refractivity contribution in [1.82, 2.24) is 0 Å². The van der Waals surface area contributed by atoms with E-state index in [4.69, 9.17) is 0 Å². The van der Waals surface area contributed by atoms with Gasteiger partial charge in [-0.1, -0.05) is 88.8 Å². The number of hydrogen-bond donors (Lipinski definition) is 0. The van der Waals surface area contributed by atoms with Gasteiger partial charge in [-0.15, -0.1) is 0 Å². The quantitative estimate of drug-likeness (QED) is 0.261. The largest absolute Gasteiger partial charge is 0.0730 e. The molecule has 0 aromatic heterocycles. The van der Waals surface area contributed by atoms with Gasteiger partial charge in [0, 0.05) is 5.56 Å². The first kappa shape index (κ1) is 26.6. The molecule has 0 N–H and O–H groups in total. The van der Waals surface area contributed by atoms with Crippen LogP contribution in [0, 0.1) is 41.4 Å². The Morgan fingerprint density at radius 1 is 0.714 bits per heavy atom. The Bertz CT molecular complexity index is 794. The molecule has 0 aliphatic heterocycles. The molecule has 0 amide bonds. The van der Waals surface area contributed by atoms with E-state index >= 15 is 0 Å². The number of benzene rings is 1. The van der Waals surface area contributed by atoms with Crippen molar-refractivity contribution >= 4 is 0 Å². The second kappa shape index (κ2) is 14.3. The zero-order valence-electron chi connectivity index (χ0n) is 22.9. The Morgan fingerprint density at radius 2 is 1.34 bits per heavy atom. The van der Waals surface area contributed by atoms with E-state index in [-0.39, 0.29) is 0 Å². The molecule has 4 rings (SSSR count). The van der Waals surface area contributed by atoms with Crippen LogP contribution in [0.1, 0.15) is 140 Å². The normalized spacial score (nSPS) is 31.7. The fraction of sp³-hybridized carbons (Fsp3) is 0.714. The van der Waals surface area contributed by atoms with E-state index in [0.29, 0.717) is 0 Å². The van der Waals surface area contributed by atoms with Gasteiger partial charge in [-0.3, -0.25) is 0 Å². The molecule has 3 saturated carbocycles. The van der Waals surface area contributed by atoms with E-state index in [2.05, 4.69) is 62.1 Å². The standard InChI is InChI=1S/C35H52/c1-3-5-6-9-29-14-22-34(23-15-29)35-26-18-31(19-27-35)11-8-7-10-30-16-24-33(25-17-30)32-20-12-28(4-2)13-21-32/h8,11,16-17,24-25,28-29,31-32,34-35H,3-6,9,12-15,18-23,26-27H2,1-2H3/t28-,29-,31-,32-,34-,35-. The van der Waals surface area contributed by atoms with Crippen molar-refractivity contribution in [3.8, 4) is 11.8 Å². The van der Waals surface area contributed by atoms with E-state index in [0.717, 1.165) is 41.1 Å². The molecule has 0 nitrogen and oxygen atoms in total. The molecule has 35 heavy (non-hydrogen) atoms. The van der Waals surface area contributed by atoms with Gasteiger partial charge in [0.2, 0.25) is 0 Å². The van der Waals surface area contributed by atoms with Crippen LogP contribution in [-0.4, -0.2) is 0 Å². The molecular formula is C35H52. The average Bonchev–Trinajstić information content (AvgIpc) is 2.92. The van der Waals surface area contributed by atoms with Gasteiger partial charge in [0.1, 0.15) is 0 Å². The van der Waals surface area contributed by atoms with Crippen LogP contribution in [-0.2, 0) is 0 Å². The monoisotopic (exact) mass is 472 g/mol. The Hall–Kier alpha value is -1.48. The zero-order chi connectivity index (χ0) is 24.3. The van der Waals surface area contributed by atoms with Crippen molar-refractivity contribution < 1.29 is 0 Å². The topological polar surface area (TPSA) is 0 Å². The Balaban J connectivity index is 1.15. The lowest BCUT2D eigenvalue weighted by molar-refractivity contribution is 0.151. The predicted octanol–water partition coefficient (Wildman–Crippen LogP) is 10.5. The number of unbranched alkanes of at least 4 members (excludes halogenated alkanes) is 2. The summed E-state index contributed by atoms with van der Waals surface area (Å²) in [5.41, 5.74) is 2.69. The molecule has 0 spiro atoms. The van der Waals surface area contributed by atoms with Gasteiger partial charge in [-0.2, -0.15) is 0 Å². The minimum absolute atomic E-state index is 0.756. The first-order valence-corrected chi connectivity index (χ1v) is 15.5. The molecule has 0 radical (unpaired) electrons. The smallest absolute Gasteiger partial charge is 0.0249 e. The van der Waals surface area contributed by atoms with Crippen LogP contribution in [0.5, 0.6) is 0 Å². The maximum atomic E-state index is 3.38. The highest BCUT2D eigenvalue weighted by Gasteiger charge is 2.30.